The molecular weight excluding hydrogens is 278 g/mol. The van der Waals surface area contributed by atoms with Gasteiger partial charge in [-0.2, -0.15) is 9.57 Å². The van der Waals surface area contributed by atoms with Gasteiger partial charge >= 0.3 is 0 Å². The summed E-state index contributed by atoms with van der Waals surface area (Å²) in [5.74, 6) is 0. The number of benzene rings is 1. The fourth-order valence-corrected chi connectivity index (χ4v) is 3.39. The molecule has 0 unspecified atom stereocenters. The first-order valence-electron chi connectivity index (χ1n) is 6.38. The van der Waals surface area contributed by atoms with Crippen LogP contribution in [0.25, 0.3) is 0 Å². The van der Waals surface area contributed by atoms with Gasteiger partial charge in [-0.15, -0.1) is 0 Å². The van der Waals surface area contributed by atoms with Crippen molar-refractivity contribution in [2.75, 3.05) is 25.4 Å². The van der Waals surface area contributed by atoms with E-state index in [9.17, 15) is 8.42 Å². The molecule has 1 aromatic rings. The molecule has 1 aromatic carbocycles. The number of nitrogen functional groups attached to an aromatic ring is 1. The van der Waals surface area contributed by atoms with Crippen LogP contribution in [0.1, 0.15) is 25.3 Å². The van der Waals surface area contributed by atoms with Crippen LogP contribution in [0.2, 0.25) is 0 Å². The molecule has 0 saturated carbocycles. The zero-order valence-corrected chi connectivity index (χ0v) is 12.2. The number of aliphatic hydroxyl groups is 1. The molecule has 3 N–H and O–H groups in total. The number of anilines is 1. The Balaban J connectivity index is 3.22. The van der Waals surface area contributed by atoms with Gasteiger partial charge in [-0.25, -0.2) is 8.42 Å². The Morgan fingerprint density at radius 3 is 2.65 bits per heavy atom. The second-order valence-corrected chi connectivity index (χ2v) is 6.26. The van der Waals surface area contributed by atoms with Gasteiger partial charge in [0, 0.05) is 18.8 Å². The van der Waals surface area contributed by atoms with Crippen LogP contribution in [0.4, 0.5) is 5.69 Å². The quantitative estimate of drug-likeness (QED) is 0.728. The molecule has 0 fully saturated rings. The van der Waals surface area contributed by atoms with Crippen LogP contribution in [0.5, 0.6) is 0 Å². The summed E-state index contributed by atoms with van der Waals surface area (Å²) in [6.45, 7) is 2.01. The number of rotatable bonds is 7. The summed E-state index contributed by atoms with van der Waals surface area (Å²) in [5, 5.41) is 18.1. The number of hydrogen-bond donors (Lipinski definition) is 2. The van der Waals surface area contributed by atoms with Crippen molar-refractivity contribution in [3.05, 3.63) is 23.8 Å². The summed E-state index contributed by atoms with van der Waals surface area (Å²) in [7, 11) is -3.80. The first-order chi connectivity index (χ1) is 9.47. The molecule has 6 nitrogen and oxygen atoms in total. The Labute approximate surface area is 119 Å². The Hall–Kier alpha value is -1.62. The molecule has 0 saturated heterocycles. The van der Waals surface area contributed by atoms with Crippen molar-refractivity contribution in [3.8, 4) is 6.07 Å². The normalized spacial score (nSPS) is 11.5. The van der Waals surface area contributed by atoms with Crippen LogP contribution in [0.3, 0.4) is 0 Å². The van der Waals surface area contributed by atoms with Gasteiger partial charge in [0.15, 0.2) is 0 Å². The van der Waals surface area contributed by atoms with Gasteiger partial charge in [-0.1, -0.05) is 13.3 Å². The smallest absolute Gasteiger partial charge is 0.244 e. The van der Waals surface area contributed by atoms with Gasteiger partial charge in [0.25, 0.3) is 0 Å². The molecule has 20 heavy (non-hydrogen) atoms. The lowest BCUT2D eigenvalue weighted by atomic mass is 10.2. The molecule has 0 radical (unpaired) electrons. The number of nitrogens with zero attached hydrogens (tertiary/aromatic N) is 2. The average molecular weight is 297 g/mol. The lowest BCUT2D eigenvalue weighted by Crippen LogP contribution is -2.34. The molecule has 0 amide bonds. The van der Waals surface area contributed by atoms with Crippen LogP contribution in [-0.4, -0.2) is 37.5 Å². The highest BCUT2D eigenvalue weighted by Crippen LogP contribution is 2.22. The van der Waals surface area contributed by atoms with Crippen molar-refractivity contribution < 1.29 is 13.5 Å². The molecule has 0 bridgehead atoms. The van der Waals surface area contributed by atoms with Crippen molar-refractivity contribution >= 4 is 15.7 Å². The predicted molar refractivity (Wildman–Crippen MR) is 76.3 cm³/mol. The molecule has 1 rings (SSSR count). The number of sulfonamides is 1. The van der Waals surface area contributed by atoms with E-state index in [4.69, 9.17) is 16.1 Å². The van der Waals surface area contributed by atoms with Crippen LogP contribution < -0.4 is 5.73 Å². The molecule has 0 atom stereocenters. The van der Waals surface area contributed by atoms with E-state index in [0.29, 0.717) is 18.7 Å². The minimum Gasteiger partial charge on any atom is -0.399 e. The summed E-state index contributed by atoms with van der Waals surface area (Å²) < 4.78 is 26.3. The SMILES string of the molecule is CCCCN(CCO)S(=O)(=O)c1ccc(N)cc1C#N. The highest BCUT2D eigenvalue weighted by molar-refractivity contribution is 7.89. The topological polar surface area (TPSA) is 107 Å². The fourth-order valence-electron chi connectivity index (χ4n) is 1.80. The number of nitrogens with two attached hydrogens (primary N) is 1. The number of unbranched alkanes of at least 4 members (excludes halogenated alkanes) is 1. The van der Waals surface area contributed by atoms with E-state index in [1.54, 1.807) is 0 Å². The highest BCUT2D eigenvalue weighted by Gasteiger charge is 2.26. The predicted octanol–water partition coefficient (Wildman–Crippen LogP) is 0.924. The molecule has 0 aromatic heterocycles. The zero-order chi connectivity index (χ0) is 15.2. The van der Waals surface area contributed by atoms with E-state index in [0.717, 1.165) is 6.42 Å². The maximum atomic E-state index is 12.5. The molecule has 110 valence electrons. The Morgan fingerprint density at radius 2 is 2.10 bits per heavy atom. The van der Waals surface area contributed by atoms with Crippen molar-refractivity contribution in [3.63, 3.8) is 0 Å². The van der Waals surface area contributed by atoms with Gasteiger partial charge in [-0.3, -0.25) is 0 Å². The van der Waals surface area contributed by atoms with Crippen LogP contribution in [0.15, 0.2) is 23.1 Å². The molecule has 7 heteroatoms. The van der Waals surface area contributed by atoms with E-state index in [1.807, 2.05) is 13.0 Å². The number of aliphatic hydroxyl groups excluding tert-OH is 1. The Morgan fingerprint density at radius 1 is 1.40 bits per heavy atom. The lowest BCUT2D eigenvalue weighted by Gasteiger charge is -2.21. The average Bonchev–Trinajstić information content (AvgIpc) is 2.42. The maximum absolute atomic E-state index is 12.5. The molecule has 0 heterocycles. The molecule has 0 aliphatic heterocycles. The fraction of sp³-hybridized carbons (Fsp3) is 0.462. The summed E-state index contributed by atoms with van der Waals surface area (Å²) >= 11 is 0. The van der Waals surface area contributed by atoms with Crippen LogP contribution in [0, 0.1) is 11.3 Å². The third kappa shape index (κ3) is 3.70. The largest absolute Gasteiger partial charge is 0.399 e. The van der Waals surface area contributed by atoms with Gasteiger partial charge < -0.3 is 10.8 Å². The van der Waals surface area contributed by atoms with E-state index in [2.05, 4.69) is 0 Å². The summed E-state index contributed by atoms with van der Waals surface area (Å²) in [6.07, 6.45) is 1.53. The van der Waals surface area contributed by atoms with Gasteiger partial charge in [0.05, 0.1) is 12.2 Å². The van der Waals surface area contributed by atoms with Crippen LogP contribution in [-0.2, 0) is 10.0 Å². The molecular formula is C13H19N3O3S. The van der Waals surface area contributed by atoms with Gasteiger partial charge in [0.2, 0.25) is 10.0 Å². The van der Waals surface area contributed by atoms with E-state index >= 15 is 0 Å². The Kier molecular flexibility index (Phi) is 5.95. The minimum atomic E-state index is -3.80. The lowest BCUT2D eigenvalue weighted by molar-refractivity contribution is 0.252. The zero-order valence-electron chi connectivity index (χ0n) is 11.4. The van der Waals surface area contributed by atoms with Crippen molar-refractivity contribution in [1.29, 1.82) is 5.26 Å². The second-order valence-electron chi connectivity index (χ2n) is 4.35. The second kappa shape index (κ2) is 7.24. The third-order valence-corrected chi connectivity index (χ3v) is 4.81. The van der Waals surface area contributed by atoms with Crippen LogP contribution >= 0.6 is 0 Å². The van der Waals surface area contributed by atoms with Gasteiger partial charge in [-0.05, 0) is 24.6 Å². The number of nitriles is 1. The van der Waals surface area contributed by atoms with Crippen molar-refractivity contribution in [1.82, 2.24) is 4.31 Å². The summed E-state index contributed by atoms with van der Waals surface area (Å²) in [4.78, 5) is -0.0706. The van der Waals surface area contributed by atoms with Gasteiger partial charge in [0.1, 0.15) is 11.0 Å². The first-order valence-corrected chi connectivity index (χ1v) is 7.82. The first kappa shape index (κ1) is 16.4. The standard InChI is InChI=1S/C13H19N3O3S/c1-2-3-6-16(7-8-17)20(18,19)13-5-4-12(15)9-11(13)10-14/h4-5,9,17H,2-3,6-8,15H2,1H3. The maximum Gasteiger partial charge on any atom is 0.244 e. The Bertz CT molecular complexity index is 593. The third-order valence-electron chi connectivity index (χ3n) is 2.85. The van der Waals surface area contributed by atoms with E-state index in [1.165, 1.54) is 22.5 Å². The van der Waals surface area contributed by atoms with Crippen molar-refractivity contribution in [2.45, 2.75) is 24.7 Å². The molecule has 0 aliphatic rings. The number of hydrogen-bond acceptors (Lipinski definition) is 5. The highest BCUT2D eigenvalue weighted by atomic mass is 32.2. The summed E-state index contributed by atoms with van der Waals surface area (Å²) in [6, 6.07) is 5.97. The minimum absolute atomic E-state index is 0.0115. The summed E-state index contributed by atoms with van der Waals surface area (Å²) in [5.41, 5.74) is 5.92. The van der Waals surface area contributed by atoms with E-state index < -0.39 is 10.0 Å². The van der Waals surface area contributed by atoms with E-state index in [-0.39, 0.29) is 23.6 Å². The van der Waals surface area contributed by atoms with Crippen molar-refractivity contribution in [2.24, 2.45) is 0 Å². The molecule has 0 spiro atoms. The monoisotopic (exact) mass is 297 g/mol. The molecule has 0 aliphatic carbocycles.